The number of hydrogen-bond acceptors (Lipinski definition) is 5. The molecule has 2 amide bonds. The summed E-state index contributed by atoms with van der Waals surface area (Å²) >= 11 is 0. The first kappa shape index (κ1) is 24.1. The number of anilines is 1. The molecule has 2 aromatic heterocycles. The van der Waals surface area contributed by atoms with Crippen molar-refractivity contribution in [3.8, 4) is 6.07 Å². The van der Waals surface area contributed by atoms with E-state index in [1.54, 1.807) is 6.07 Å². The Morgan fingerprint density at radius 2 is 1.82 bits per heavy atom. The molecule has 1 aliphatic carbocycles. The number of rotatable bonds is 6. The molecular formula is C26H35N5O3. The number of nitriles is 1. The van der Waals surface area contributed by atoms with E-state index >= 15 is 0 Å². The predicted molar refractivity (Wildman–Crippen MR) is 130 cm³/mol. The van der Waals surface area contributed by atoms with E-state index in [2.05, 4.69) is 26.2 Å². The van der Waals surface area contributed by atoms with Crippen LogP contribution in [0.15, 0.2) is 16.7 Å². The molecule has 8 heteroatoms. The lowest BCUT2D eigenvalue weighted by atomic mass is 9.95. The van der Waals surface area contributed by atoms with Crippen LogP contribution in [0.5, 0.6) is 0 Å². The number of piperidine rings is 1. The average Bonchev–Trinajstić information content (AvgIpc) is 3.36. The van der Waals surface area contributed by atoms with Crippen LogP contribution in [0, 0.1) is 32.1 Å². The molecule has 1 saturated heterocycles. The van der Waals surface area contributed by atoms with Gasteiger partial charge in [-0.1, -0.05) is 19.3 Å². The fourth-order valence-corrected chi connectivity index (χ4v) is 5.35. The van der Waals surface area contributed by atoms with E-state index in [0.29, 0.717) is 23.2 Å². The van der Waals surface area contributed by atoms with Gasteiger partial charge in [0.2, 0.25) is 5.91 Å². The van der Waals surface area contributed by atoms with Gasteiger partial charge in [-0.3, -0.25) is 14.5 Å². The summed E-state index contributed by atoms with van der Waals surface area (Å²) in [6, 6.07) is 4.50. The highest BCUT2D eigenvalue weighted by Crippen LogP contribution is 2.36. The van der Waals surface area contributed by atoms with Crippen LogP contribution < -0.4 is 10.6 Å². The highest BCUT2D eigenvalue weighted by molar-refractivity contribution is 5.93. The first-order valence-electron chi connectivity index (χ1n) is 12.4. The van der Waals surface area contributed by atoms with Gasteiger partial charge >= 0.3 is 0 Å². The second-order valence-corrected chi connectivity index (χ2v) is 9.71. The second kappa shape index (κ2) is 10.5. The van der Waals surface area contributed by atoms with Gasteiger partial charge in [-0.25, -0.2) is 0 Å². The van der Waals surface area contributed by atoms with Gasteiger partial charge in [0.1, 0.15) is 11.9 Å². The molecule has 0 atom stereocenters. The molecule has 182 valence electrons. The van der Waals surface area contributed by atoms with Gasteiger partial charge in [0, 0.05) is 36.4 Å². The van der Waals surface area contributed by atoms with E-state index in [9.17, 15) is 14.9 Å². The Kier molecular flexibility index (Phi) is 7.42. The monoisotopic (exact) mass is 465 g/mol. The summed E-state index contributed by atoms with van der Waals surface area (Å²) in [6.45, 7) is 7.59. The van der Waals surface area contributed by atoms with Gasteiger partial charge in [-0.05, 0) is 58.1 Å². The number of likely N-dealkylation sites (tertiary alicyclic amines) is 1. The quantitative estimate of drug-likeness (QED) is 0.665. The van der Waals surface area contributed by atoms with Crippen molar-refractivity contribution in [1.29, 1.82) is 5.26 Å². The number of aromatic nitrogens is 1. The molecule has 2 aliphatic rings. The molecule has 2 N–H and O–H groups in total. The third kappa shape index (κ3) is 5.05. The maximum absolute atomic E-state index is 13.0. The maximum atomic E-state index is 13.0. The Hall–Kier alpha value is -3.05. The van der Waals surface area contributed by atoms with Gasteiger partial charge in [0.25, 0.3) is 5.91 Å². The summed E-state index contributed by atoms with van der Waals surface area (Å²) in [5, 5.41) is 15.9. The standard InChI is InChI=1S/C26H35N5O3/c1-17-11-14-34-24(17)26(33)28-20-9-12-30(13-10-20)16-23(32)29-25-22(15-27)18(2)19(3)31(25)21-7-5-4-6-8-21/h11,14,20-21H,4-10,12-13,16H2,1-3H3,(H,28,33)(H,29,32). The molecule has 4 rings (SSSR count). The van der Waals surface area contributed by atoms with Crippen LogP contribution in [0.25, 0.3) is 0 Å². The van der Waals surface area contributed by atoms with E-state index in [1.165, 1.54) is 25.5 Å². The average molecular weight is 466 g/mol. The fraction of sp³-hybridized carbons (Fsp3) is 0.577. The van der Waals surface area contributed by atoms with Gasteiger partial charge in [0.05, 0.1) is 18.4 Å². The molecule has 3 heterocycles. The van der Waals surface area contributed by atoms with Crippen LogP contribution in [0.3, 0.4) is 0 Å². The molecule has 0 radical (unpaired) electrons. The van der Waals surface area contributed by atoms with E-state index in [0.717, 1.165) is 55.6 Å². The Balaban J connectivity index is 1.35. The molecular weight excluding hydrogens is 430 g/mol. The number of nitrogens with zero attached hydrogens (tertiary/aromatic N) is 3. The molecule has 2 fully saturated rings. The maximum Gasteiger partial charge on any atom is 0.287 e. The normalized spacial score (nSPS) is 17.9. The van der Waals surface area contributed by atoms with E-state index in [4.69, 9.17) is 4.42 Å². The Morgan fingerprint density at radius 3 is 2.44 bits per heavy atom. The Labute approximate surface area is 201 Å². The highest BCUT2D eigenvalue weighted by Gasteiger charge is 2.28. The molecule has 0 unspecified atom stereocenters. The minimum absolute atomic E-state index is 0.0651. The van der Waals surface area contributed by atoms with Crippen molar-refractivity contribution in [2.24, 2.45) is 0 Å². The van der Waals surface area contributed by atoms with Crippen LogP contribution in [0.1, 0.15) is 83.9 Å². The molecule has 0 bridgehead atoms. The van der Waals surface area contributed by atoms with Crippen molar-refractivity contribution >= 4 is 17.6 Å². The largest absolute Gasteiger partial charge is 0.459 e. The highest BCUT2D eigenvalue weighted by atomic mass is 16.3. The number of hydrogen-bond donors (Lipinski definition) is 2. The zero-order valence-electron chi connectivity index (χ0n) is 20.4. The van der Waals surface area contributed by atoms with Crippen LogP contribution in [-0.4, -0.2) is 47.0 Å². The lowest BCUT2D eigenvalue weighted by Gasteiger charge is -2.32. The van der Waals surface area contributed by atoms with Gasteiger partial charge in [0.15, 0.2) is 5.76 Å². The number of nitrogens with one attached hydrogen (secondary N) is 2. The van der Waals surface area contributed by atoms with Gasteiger partial charge in [-0.15, -0.1) is 0 Å². The SMILES string of the molecule is Cc1ccoc1C(=O)NC1CCN(CC(=O)Nc2c(C#N)c(C)c(C)n2C2CCCCC2)CC1. The van der Waals surface area contributed by atoms with E-state index in [1.807, 2.05) is 20.8 Å². The van der Waals surface area contributed by atoms with Gasteiger partial charge in [-0.2, -0.15) is 5.26 Å². The third-order valence-corrected chi connectivity index (χ3v) is 7.42. The topological polar surface area (TPSA) is 103 Å². The first-order valence-corrected chi connectivity index (χ1v) is 12.4. The molecule has 34 heavy (non-hydrogen) atoms. The van der Waals surface area contributed by atoms with Crippen molar-refractivity contribution in [3.05, 3.63) is 40.5 Å². The number of carbonyl (C=O) groups is 2. The summed E-state index contributed by atoms with van der Waals surface area (Å²) in [4.78, 5) is 27.5. The van der Waals surface area contributed by atoms with Crippen molar-refractivity contribution in [3.63, 3.8) is 0 Å². The molecule has 8 nitrogen and oxygen atoms in total. The number of amides is 2. The number of furan rings is 1. The zero-order chi connectivity index (χ0) is 24.2. The second-order valence-electron chi connectivity index (χ2n) is 9.71. The summed E-state index contributed by atoms with van der Waals surface area (Å²) in [5.41, 5.74) is 3.42. The number of carbonyl (C=O) groups excluding carboxylic acids is 2. The van der Waals surface area contributed by atoms with Crippen molar-refractivity contribution < 1.29 is 14.0 Å². The van der Waals surface area contributed by atoms with Crippen LogP contribution in [0.4, 0.5) is 5.82 Å². The molecule has 2 aromatic rings. The zero-order valence-corrected chi connectivity index (χ0v) is 20.4. The summed E-state index contributed by atoms with van der Waals surface area (Å²) in [7, 11) is 0. The van der Waals surface area contributed by atoms with Gasteiger partial charge < -0.3 is 19.6 Å². The first-order chi connectivity index (χ1) is 16.4. The molecule has 1 aliphatic heterocycles. The molecule has 0 aromatic carbocycles. The van der Waals surface area contributed by atoms with Crippen LogP contribution in [0.2, 0.25) is 0 Å². The van der Waals surface area contributed by atoms with Crippen LogP contribution in [-0.2, 0) is 4.79 Å². The molecule has 0 spiro atoms. The van der Waals surface area contributed by atoms with Crippen molar-refractivity contribution in [1.82, 2.24) is 14.8 Å². The Morgan fingerprint density at radius 1 is 1.12 bits per heavy atom. The summed E-state index contributed by atoms with van der Waals surface area (Å²) < 4.78 is 7.48. The minimum Gasteiger partial charge on any atom is -0.459 e. The van der Waals surface area contributed by atoms with Crippen molar-refractivity contribution in [2.75, 3.05) is 25.0 Å². The van der Waals surface area contributed by atoms with E-state index < -0.39 is 0 Å². The third-order valence-electron chi connectivity index (χ3n) is 7.42. The lowest BCUT2D eigenvalue weighted by Crippen LogP contribution is -2.46. The summed E-state index contributed by atoms with van der Waals surface area (Å²) in [6.07, 6.45) is 8.86. The minimum atomic E-state index is -0.183. The summed E-state index contributed by atoms with van der Waals surface area (Å²) in [5.74, 6) is 0.740. The smallest absolute Gasteiger partial charge is 0.287 e. The lowest BCUT2D eigenvalue weighted by molar-refractivity contribution is -0.117. The predicted octanol–water partition coefficient (Wildman–Crippen LogP) is 4.22. The fourth-order valence-electron chi connectivity index (χ4n) is 5.35. The Bertz CT molecular complexity index is 1080. The van der Waals surface area contributed by atoms with E-state index in [-0.39, 0.29) is 24.4 Å². The molecule has 1 saturated carbocycles. The van der Waals surface area contributed by atoms with Crippen LogP contribution >= 0.6 is 0 Å². The number of aryl methyl sites for hydroxylation is 1. The van der Waals surface area contributed by atoms with Crippen molar-refractivity contribution in [2.45, 2.75) is 77.8 Å².